The third kappa shape index (κ3) is 1.78. The van der Waals surface area contributed by atoms with Gasteiger partial charge in [-0.2, -0.15) is 0 Å². The van der Waals surface area contributed by atoms with Crippen molar-refractivity contribution in [2.24, 2.45) is 0 Å². The van der Waals surface area contributed by atoms with Crippen molar-refractivity contribution in [2.45, 2.75) is 12.8 Å². The van der Waals surface area contributed by atoms with Gasteiger partial charge in [-0.25, -0.2) is 0 Å². The van der Waals surface area contributed by atoms with E-state index >= 15 is 0 Å². The predicted octanol–water partition coefficient (Wildman–Crippen LogP) is 3.15. The van der Waals surface area contributed by atoms with Gasteiger partial charge in [0.05, 0.1) is 7.11 Å². The van der Waals surface area contributed by atoms with Crippen molar-refractivity contribution in [1.82, 2.24) is 0 Å². The Hall–Kier alpha value is -1.83. The van der Waals surface area contributed by atoms with Crippen LogP contribution in [0.1, 0.15) is 18.4 Å². The van der Waals surface area contributed by atoms with Crippen LogP contribution >= 0.6 is 0 Å². The van der Waals surface area contributed by atoms with Crippen molar-refractivity contribution in [2.75, 3.05) is 7.11 Å². The first-order chi connectivity index (χ1) is 7.76. The quantitative estimate of drug-likeness (QED) is 0.734. The van der Waals surface area contributed by atoms with Gasteiger partial charge in [0.2, 0.25) is 0 Å². The monoisotopic (exact) mass is 214 g/mol. The van der Waals surface area contributed by atoms with Crippen LogP contribution in [0.15, 0.2) is 36.4 Å². The average Bonchev–Trinajstić information content (AvgIpc) is 2.36. The lowest BCUT2D eigenvalue weighted by Crippen LogP contribution is -1.96. The summed E-state index contributed by atoms with van der Waals surface area (Å²) in [5.74, 6) is 0.723. The Kier molecular flexibility index (Phi) is 2.91. The molecule has 16 heavy (non-hydrogen) atoms. The molecule has 0 aromatic heterocycles. The highest BCUT2D eigenvalue weighted by Gasteiger charge is 2.08. The molecule has 0 heterocycles. The van der Waals surface area contributed by atoms with Crippen LogP contribution in [0, 0.1) is 0 Å². The summed E-state index contributed by atoms with van der Waals surface area (Å²) in [5, 5.41) is 2.18. The molecule has 0 aliphatic rings. The minimum Gasteiger partial charge on any atom is -0.496 e. The van der Waals surface area contributed by atoms with Crippen LogP contribution in [-0.4, -0.2) is 13.4 Å². The molecule has 0 amide bonds. The Balaban J connectivity index is 2.67. The van der Waals surface area contributed by atoms with Crippen molar-refractivity contribution in [3.63, 3.8) is 0 Å². The van der Waals surface area contributed by atoms with Gasteiger partial charge < -0.3 is 9.53 Å². The zero-order chi connectivity index (χ0) is 11.5. The number of hydrogen-bond donors (Lipinski definition) is 0. The fraction of sp³-hybridized carbons (Fsp3) is 0.214. The normalized spacial score (nSPS) is 12.4. The Bertz CT molecular complexity index is 517. The van der Waals surface area contributed by atoms with Crippen molar-refractivity contribution in [3.05, 3.63) is 42.0 Å². The van der Waals surface area contributed by atoms with E-state index in [1.807, 2.05) is 43.3 Å². The number of aldehydes is 1. The third-order valence-corrected chi connectivity index (χ3v) is 2.80. The number of methoxy groups -OCH3 is 1. The molecule has 0 radical (unpaired) electrons. The van der Waals surface area contributed by atoms with Gasteiger partial charge >= 0.3 is 0 Å². The van der Waals surface area contributed by atoms with E-state index in [-0.39, 0.29) is 5.92 Å². The molecule has 2 aromatic carbocycles. The van der Waals surface area contributed by atoms with E-state index in [1.165, 1.54) is 0 Å². The van der Waals surface area contributed by atoms with Crippen LogP contribution in [-0.2, 0) is 4.79 Å². The first-order valence-electron chi connectivity index (χ1n) is 5.28. The van der Waals surface area contributed by atoms with Crippen LogP contribution < -0.4 is 4.74 Å². The number of benzene rings is 2. The average molecular weight is 214 g/mol. The predicted molar refractivity (Wildman–Crippen MR) is 65.0 cm³/mol. The smallest absolute Gasteiger partial charge is 0.127 e. The molecule has 0 fully saturated rings. The second-order valence-corrected chi connectivity index (χ2v) is 3.87. The standard InChI is InChI=1S/C14H14O2/c1-10(9-15)12-7-11-5-3-4-6-13(11)14(8-12)16-2/h3-10H,1-2H3/t10-/m1/s1. The molecule has 0 spiro atoms. The summed E-state index contributed by atoms with van der Waals surface area (Å²) < 4.78 is 5.35. The maximum absolute atomic E-state index is 10.8. The summed E-state index contributed by atoms with van der Waals surface area (Å²) >= 11 is 0. The van der Waals surface area contributed by atoms with E-state index in [9.17, 15) is 4.79 Å². The molecular formula is C14H14O2. The Morgan fingerprint density at radius 1 is 1.25 bits per heavy atom. The van der Waals surface area contributed by atoms with Gasteiger partial charge in [-0.1, -0.05) is 37.3 Å². The first-order valence-corrected chi connectivity index (χ1v) is 5.28. The fourth-order valence-corrected chi connectivity index (χ4v) is 1.81. The molecule has 2 heteroatoms. The van der Waals surface area contributed by atoms with Crippen molar-refractivity contribution < 1.29 is 9.53 Å². The SMILES string of the molecule is COc1cc([C@H](C)C=O)cc2ccccc12. The van der Waals surface area contributed by atoms with E-state index in [0.29, 0.717) is 0 Å². The molecule has 0 aliphatic heterocycles. The minimum absolute atomic E-state index is 0.0986. The molecule has 2 aromatic rings. The molecule has 0 saturated carbocycles. The summed E-state index contributed by atoms with van der Waals surface area (Å²) in [6.45, 7) is 1.89. The molecule has 0 bridgehead atoms. The number of fused-ring (bicyclic) bond motifs is 1. The molecule has 0 aliphatic carbocycles. The third-order valence-electron chi connectivity index (χ3n) is 2.80. The van der Waals surface area contributed by atoms with Gasteiger partial charge in [0.15, 0.2) is 0 Å². The highest BCUT2D eigenvalue weighted by atomic mass is 16.5. The Morgan fingerprint density at radius 2 is 2.00 bits per heavy atom. The minimum atomic E-state index is -0.0986. The molecule has 0 N–H and O–H groups in total. The zero-order valence-corrected chi connectivity index (χ0v) is 9.44. The highest BCUT2D eigenvalue weighted by molar-refractivity contribution is 5.89. The van der Waals surface area contributed by atoms with Crippen LogP contribution in [0.3, 0.4) is 0 Å². The van der Waals surface area contributed by atoms with Gasteiger partial charge in [0.25, 0.3) is 0 Å². The molecule has 1 atom stereocenters. The van der Waals surface area contributed by atoms with Crippen LogP contribution in [0.25, 0.3) is 10.8 Å². The summed E-state index contributed by atoms with van der Waals surface area (Å²) in [7, 11) is 1.65. The lowest BCUT2D eigenvalue weighted by Gasteiger charge is -2.10. The molecule has 82 valence electrons. The largest absolute Gasteiger partial charge is 0.496 e. The summed E-state index contributed by atoms with van der Waals surface area (Å²) in [5.41, 5.74) is 0.991. The van der Waals surface area contributed by atoms with Gasteiger partial charge in [-0.3, -0.25) is 0 Å². The second-order valence-electron chi connectivity index (χ2n) is 3.87. The summed E-state index contributed by atoms with van der Waals surface area (Å²) in [4.78, 5) is 10.8. The Morgan fingerprint density at radius 3 is 2.69 bits per heavy atom. The summed E-state index contributed by atoms with van der Waals surface area (Å²) in [6, 6.07) is 12.0. The van der Waals surface area contributed by atoms with Gasteiger partial charge in [0.1, 0.15) is 12.0 Å². The number of rotatable bonds is 3. The second kappa shape index (κ2) is 4.35. The van der Waals surface area contributed by atoms with E-state index < -0.39 is 0 Å². The van der Waals surface area contributed by atoms with E-state index in [2.05, 4.69) is 0 Å². The topological polar surface area (TPSA) is 26.3 Å². The van der Waals surface area contributed by atoms with Crippen LogP contribution in [0.5, 0.6) is 5.75 Å². The molecular weight excluding hydrogens is 200 g/mol. The van der Waals surface area contributed by atoms with E-state index in [4.69, 9.17) is 4.74 Å². The molecule has 2 nitrogen and oxygen atoms in total. The molecule has 0 saturated heterocycles. The lowest BCUT2D eigenvalue weighted by atomic mass is 9.98. The summed E-state index contributed by atoms with van der Waals surface area (Å²) in [6.07, 6.45) is 0.948. The fourth-order valence-electron chi connectivity index (χ4n) is 1.81. The van der Waals surface area contributed by atoms with Crippen molar-refractivity contribution >= 4 is 17.1 Å². The lowest BCUT2D eigenvalue weighted by molar-refractivity contribution is -0.108. The number of carbonyl (C=O) groups is 1. The Labute approximate surface area is 94.8 Å². The van der Waals surface area contributed by atoms with E-state index in [1.54, 1.807) is 7.11 Å². The maximum Gasteiger partial charge on any atom is 0.127 e. The van der Waals surface area contributed by atoms with Gasteiger partial charge in [-0.05, 0) is 17.0 Å². The number of ether oxygens (including phenoxy) is 1. The maximum atomic E-state index is 10.8. The van der Waals surface area contributed by atoms with Crippen molar-refractivity contribution in [1.29, 1.82) is 0 Å². The van der Waals surface area contributed by atoms with Crippen molar-refractivity contribution in [3.8, 4) is 5.75 Å². The number of carbonyl (C=O) groups excluding carboxylic acids is 1. The van der Waals surface area contributed by atoms with E-state index in [0.717, 1.165) is 28.4 Å². The van der Waals surface area contributed by atoms with Gasteiger partial charge in [-0.15, -0.1) is 0 Å². The molecule has 0 unspecified atom stereocenters. The zero-order valence-electron chi connectivity index (χ0n) is 9.44. The first kappa shape index (κ1) is 10.7. The van der Waals surface area contributed by atoms with Crippen LogP contribution in [0.2, 0.25) is 0 Å². The van der Waals surface area contributed by atoms with Gasteiger partial charge in [0, 0.05) is 11.3 Å². The van der Waals surface area contributed by atoms with Crippen LogP contribution in [0.4, 0.5) is 0 Å². The molecule has 2 rings (SSSR count). The number of hydrogen-bond acceptors (Lipinski definition) is 2. The highest BCUT2D eigenvalue weighted by Crippen LogP contribution is 2.29.